The van der Waals surface area contributed by atoms with Crippen LogP contribution in [0.3, 0.4) is 0 Å². The number of hydrogen-bond donors (Lipinski definition) is 0. The lowest BCUT2D eigenvalue weighted by Crippen LogP contribution is -2.52. The zero-order chi connectivity index (χ0) is 14.6. The smallest absolute Gasteiger partial charge is 0.305 e. The molecule has 1 heterocycles. The molecule has 0 spiro atoms. The van der Waals surface area contributed by atoms with Crippen molar-refractivity contribution in [3.8, 4) is 0 Å². The number of hydrogen-bond acceptors (Lipinski definition) is 7. The van der Waals surface area contributed by atoms with Gasteiger partial charge in [-0.2, -0.15) is 0 Å². The van der Waals surface area contributed by atoms with Crippen molar-refractivity contribution in [3.63, 3.8) is 0 Å². The summed E-state index contributed by atoms with van der Waals surface area (Å²) in [5.41, 5.74) is 0. The Hall–Kier alpha value is -1.63. The van der Waals surface area contributed by atoms with Crippen LogP contribution in [0.5, 0.6) is 0 Å². The van der Waals surface area contributed by atoms with Gasteiger partial charge in [0.15, 0.2) is 0 Å². The lowest BCUT2D eigenvalue weighted by molar-refractivity contribution is -0.264. The molecule has 4 atom stereocenters. The summed E-state index contributed by atoms with van der Waals surface area (Å²) in [5.74, 6) is -1.65. The van der Waals surface area contributed by atoms with E-state index in [0.29, 0.717) is 6.42 Å². The van der Waals surface area contributed by atoms with Gasteiger partial charge in [-0.1, -0.05) is 0 Å². The Kier molecular flexibility index (Phi) is 5.29. The molecule has 1 rings (SSSR count). The van der Waals surface area contributed by atoms with Crippen molar-refractivity contribution < 1.29 is 33.3 Å². The van der Waals surface area contributed by atoms with Crippen LogP contribution in [-0.2, 0) is 33.3 Å². The average molecular weight is 274 g/mol. The van der Waals surface area contributed by atoms with Crippen LogP contribution in [0, 0.1) is 0 Å². The first-order valence-electron chi connectivity index (χ1n) is 5.96. The predicted molar refractivity (Wildman–Crippen MR) is 61.8 cm³/mol. The van der Waals surface area contributed by atoms with Crippen LogP contribution in [0.1, 0.15) is 34.1 Å². The molecule has 0 aromatic rings. The molecule has 0 saturated carbocycles. The Labute approximate surface area is 111 Å². The maximum atomic E-state index is 11.1. The van der Waals surface area contributed by atoms with Gasteiger partial charge in [-0.25, -0.2) is 0 Å². The summed E-state index contributed by atoms with van der Waals surface area (Å²) in [6, 6.07) is 0. The molecule has 7 nitrogen and oxygen atoms in total. The summed E-state index contributed by atoms with van der Waals surface area (Å²) in [4.78, 5) is 33.2. The molecule has 1 fully saturated rings. The maximum Gasteiger partial charge on any atom is 0.305 e. The summed E-state index contributed by atoms with van der Waals surface area (Å²) in [6.45, 7) is 5.44. The highest BCUT2D eigenvalue weighted by Gasteiger charge is 2.43. The first-order valence-corrected chi connectivity index (χ1v) is 5.96. The second-order valence-corrected chi connectivity index (χ2v) is 4.38. The topological polar surface area (TPSA) is 88.1 Å². The van der Waals surface area contributed by atoms with Gasteiger partial charge in [0.05, 0.1) is 6.10 Å². The fraction of sp³-hybridized carbons (Fsp3) is 0.750. The van der Waals surface area contributed by atoms with Crippen molar-refractivity contribution >= 4 is 17.9 Å². The van der Waals surface area contributed by atoms with Gasteiger partial charge in [-0.3, -0.25) is 14.4 Å². The van der Waals surface area contributed by atoms with Crippen molar-refractivity contribution in [1.82, 2.24) is 0 Å². The van der Waals surface area contributed by atoms with E-state index >= 15 is 0 Å². The van der Waals surface area contributed by atoms with Gasteiger partial charge in [0, 0.05) is 27.2 Å². The van der Waals surface area contributed by atoms with Crippen molar-refractivity contribution in [2.75, 3.05) is 0 Å². The van der Waals surface area contributed by atoms with Crippen LogP contribution in [0.15, 0.2) is 0 Å². The number of esters is 3. The summed E-state index contributed by atoms with van der Waals surface area (Å²) < 4.78 is 20.5. The molecule has 1 aliphatic rings. The second-order valence-electron chi connectivity index (χ2n) is 4.38. The van der Waals surface area contributed by atoms with Crippen LogP contribution in [0.2, 0.25) is 0 Å². The van der Waals surface area contributed by atoms with E-state index in [2.05, 4.69) is 0 Å². The highest BCUT2D eigenvalue weighted by atomic mass is 16.7. The van der Waals surface area contributed by atoms with Gasteiger partial charge < -0.3 is 18.9 Å². The molecule has 0 aliphatic carbocycles. The van der Waals surface area contributed by atoms with Crippen LogP contribution in [0.25, 0.3) is 0 Å². The van der Waals surface area contributed by atoms with Crippen molar-refractivity contribution in [1.29, 1.82) is 0 Å². The first kappa shape index (κ1) is 15.4. The molecule has 1 saturated heterocycles. The van der Waals surface area contributed by atoms with Crippen molar-refractivity contribution in [3.05, 3.63) is 0 Å². The van der Waals surface area contributed by atoms with Gasteiger partial charge in [0.1, 0.15) is 6.10 Å². The van der Waals surface area contributed by atoms with Gasteiger partial charge >= 0.3 is 17.9 Å². The van der Waals surface area contributed by atoms with Gasteiger partial charge in [0.25, 0.3) is 0 Å². The molecular weight excluding hydrogens is 256 g/mol. The van der Waals surface area contributed by atoms with Crippen LogP contribution < -0.4 is 0 Å². The Balaban J connectivity index is 2.87. The molecule has 108 valence electrons. The minimum absolute atomic E-state index is 0.291. The number of rotatable bonds is 3. The molecule has 0 aromatic carbocycles. The average Bonchev–Trinajstić information content (AvgIpc) is 2.20. The predicted octanol–water partition coefficient (Wildman–Crippen LogP) is 0.548. The molecule has 0 N–H and O–H groups in total. The molecule has 1 unspecified atom stereocenters. The standard InChI is InChI=1S/C12H18O7/c1-6-5-10(17-7(2)13)11(18-8(3)14)12(16-6)19-9(4)15/h6,10-12H,5H2,1-4H3/t6-,10+,11+,12?/m0/s1. The molecule has 0 bridgehead atoms. The summed E-state index contributed by atoms with van der Waals surface area (Å²) in [6.07, 6.45) is -2.67. The molecule has 0 amide bonds. The summed E-state index contributed by atoms with van der Waals surface area (Å²) >= 11 is 0. The third-order valence-corrected chi connectivity index (χ3v) is 2.47. The normalized spacial score (nSPS) is 30.3. The lowest BCUT2D eigenvalue weighted by Gasteiger charge is -2.38. The Morgan fingerprint density at radius 2 is 1.47 bits per heavy atom. The zero-order valence-electron chi connectivity index (χ0n) is 11.4. The van der Waals surface area contributed by atoms with E-state index in [1.165, 1.54) is 20.8 Å². The molecule has 19 heavy (non-hydrogen) atoms. The molecule has 0 aromatic heterocycles. The zero-order valence-corrected chi connectivity index (χ0v) is 11.4. The van der Waals surface area contributed by atoms with E-state index in [1.54, 1.807) is 6.92 Å². The Bertz CT molecular complexity index is 339. The maximum absolute atomic E-state index is 11.1. The van der Waals surface area contributed by atoms with Gasteiger partial charge in [0.2, 0.25) is 12.4 Å². The number of ether oxygens (including phenoxy) is 4. The second kappa shape index (κ2) is 6.51. The monoisotopic (exact) mass is 274 g/mol. The van der Waals surface area contributed by atoms with Crippen LogP contribution >= 0.6 is 0 Å². The van der Waals surface area contributed by atoms with Crippen molar-refractivity contribution in [2.24, 2.45) is 0 Å². The first-order chi connectivity index (χ1) is 8.79. The molecule has 1 aliphatic heterocycles. The molecule has 0 radical (unpaired) electrons. The van der Waals surface area contributed by atoms with E-state index in [9.17, 15) is 14.4 Å². The fourth-order valence-corrected chi connectivity index (χ4v) is 1.91. The Morgan fingerprint density at radius 3 is 1.95 bits per heavy atom. The van der Waals surface area contributed by atoms with E-state index in [1.807, 2.05) is 0 Å². The minimum atomic E-state index is -1.07. The van der Waals surface area contributed by atoms with E-state index in [0.717, 1.165) is 0 Å². The summed E-state index contributed by atoms with van der Waals surface area (Å²) in [7, 11) is 0. The van der Waals surface area contributed by atoms with Gasteiger partial charge in [-0.05, 0) is 6.92 Å². The fourth-order valence-electron chi connectivity index (χ4n) is 1.91. The van der Waals surface area contributed by atoms with E-state index in [4.69, 9.17) is 18.9 Å². The third kappa shape index (κ3) is 4.86. The van der Waals surface area contributed by atoms with Crippen LogP contribution in [0.4, 0.5) is 0 Å². The number of carbonyl (C=O) groups is 3. The van der Waals surface area contributed by atoms with E-state index in [-0.39, 0.29) is 6.10 Å². The highest BCUT2D eigenvalue weighted by molar-refractivity contribution is 5.68. The molecular formula is C12H18O7. The highest BCUT2D eigenvalue weighted by Crippen LogP contribution is 2.26. The largest absolute Gasteiger partial charge is 0.458 e. The minimum Gasteiger partial charge on any atom is -0.458 e. The lowest BCUT2D eigenvalue weighted by atomic mass is 10.0. The molecule has 7 heteroatoms. The summed E-state index contributed by atoms with van der Waals surface area (Å²) in [5, 5.41) is 0. The van der Waals surface area contributed by atoms with Gasteiger partial charge in [-0.15, -0.1) is 0 Å². The SMILES string of the molecule is CC(=O)OC1O[C@@H](C)C[C@@H](OC(C)=O)[C@H]1OC(C)=O. The number of carbonyl (C=O) groups excluding carboxylic acids is 3. The third-order valence-electron chi connectivity index (χ3n) is 2.47. The van der Waals surface area contributed by atoms with Crippen LogP contribution in [-0.4, -0.2) is 42.5 Å². The van der Waals surface area contributed by atoms with E-state index < -0.39 is 36.4 Å². The Morgan fingerprint density at radius 1 is 0.947 bits per heavy atom. The quantitative estimate of drug-likeness (QED) is 0.548. The van der Waals surface area contributed by atoms with Crippen molar-refractivity contribution in [2.45, 2.75) is 58.7 Å².